The maximum absolute atomic E-state index is 10.2. The van der Waals surface area contributed by atoms with Crippen LogP contribution in [0, 0.1) is 6.92 Å². The number of aliphatic hydroxyl groups is 1. The molecule has 1 saturated carbocycles. The molecule has 1 unspecified atom stereocenters. The molecule has 3 rings (SSSR count). The Hall–Kier alpha value is -1.84. The van der Waals surface area contributed by atoms with E-state index in [-0.39, 0.29) is 5.41 Å². The molecule has 0 aliphatic heterocycles. The van der Waals surface area contributed by atoms with Crippen LogP contribution in [0.25, 0.3) is 0 Å². The Morgan fingerprint density at radius 1 is 1.04 bits per heavy atom. The van der Waals surface area contributed by atoms with E-state index in [4.69, 9.17) is 4.74 Å². The number of para-hydroxylation sites is 1. The normalized spacial score (nSPS) is 17.4. The van der Waals surface area contributed by atoms with Gasteiger partial charge in [0, 0.05) is 18.5 Å². The maximum atomic E-state index is 10.2. The first-order chi connectivity index (χ1) is 12.2. The molecule has 0 spiro atoms. The lowest BCUT2D eigenvalue weighted by Gasteiger charge is -2.31. The molecule has 1 aliphatic rings. The zero-order valence-electron chi connectivity index (χ0n) is 15.1. The van der Waals surface area contributed by atoms with Gasteiger partial charge in [0.15, 0.2) is 0 Å². The highest BCUT2D eigenvalue weighted by Crippen LogP contribution is 2.40. The lowest BCUT2D eigenvalue weighted by molar-refractivity contribution is 0.105. The first-order valence-electron chi connectivity index (χ1n) is 9.32. The summed E-state index contributed by atoms with van der Waals surface area (Å²) in [5.74, 6) is 0.800. The number of benzene rings is 2. The van der Waals surface area contributed by atoms with E-state index in [0.717, 1.165) is 12.3 Å². The smallest absolute Gasteiger partial charge is 0.119 e. The van der Waals surface area contributed by atoms with Crippen molar-refractivity contribution in [3.63, 3.8) is 0 Å². The Morgan fingerprint density at radius 3 is 2.40 bits per heavy atom. The van der Waals surface area contributed by atoms with Gasteiger partial charge in [0.1, 0.15) is 18.5 Å². The standard InChI is InChI=1S/C22H29NO2/c1-18-9-11-19(12-10-18)22(13-5-6-14-22)17-23-15-20(24)16-25-21-7-3-2-4-8-21/h2-4,7-12,20,23-24H,5-6,13-17H2,1H3. The fourth-order valence-corrected chi connectivity index (χ4v) is 3.77. The Kier molecular flexibility index (Phi) is 6.11. The van der Waals surface area contributed by atoms with Gasteiger partial charge in [-0.1, -0.05) is 60.9 Å². The van der Waals surface area contributed by atoms with Crippen LogP contribution in [0.3, 0.4) is 0 Å². The lowest BCUT2D eigenvalue weighted by atomic mass is 9.78. The van der Waals surface area contributed by atoms with Crippen molar-refractivity contribution in [1.82, 2.24) is 5.32 Å². The second-order valence-electron chi connectivity index (χ2n) is 7.26. The molecule has 1 atom stereocenters. The van der Waals surface area contributed by atoms with Crippen LogP contribution < -0.4 is 10.1 Å². The highest BCUT2D eigenvalue weighted by Gasteiger charge is 2.35. The van der Waals surface area contributed by atoms with E-state index in [2.05, 4.69) is 36.5 Å². The van der Waals surface area contributed by atoms with Crippen LogP contribution >= 0.6 is 0 Å². The fraction of sp³-hybridized carbons (Fsp3) is 0.455. The summed E-state index contributed by atoms with van der Waals surface area (Å²) in [6.45, 7) is 3.92. The van der Waals surface area contributed by atoms with Crippen molar-refractivity contribution in [2.24, 2.45) is 0 Å². The number of nitrogens with one attached hydrogen (secondary N) is 1. The van der Waals surface area contributed by atoms with Crippen LogP contribution in [-0.4, -0.2) is 30.9 Å². The quantitative estimate of drug-likeness (QED) is 0.768. The highest BCUT2D eigenvalue weighted by molar-refractivity contribution is 5.30. The first kappa shape index (κ1) is 18.0. The van der Waals surface area contributed by atoms with Crippen LogP contribution in [0.1, 0.15) is 36.8 Å². The van der Waals surface area contributed by atoms with Gasteiger partial charge in [-0.05, 0) is 37.5 Å². The SMILES string of the molecule is Cc1ccc(C2(CNCC(O)COc3ccccc3)CCCC2)cc1. The van der Waals surface area contributed by atoms with Gasteiger partial charge in [0.2, 0.25) is 0 Å². The molecule has 0 bridgehead atoms. The second-order valence-corrected chi connectivity index (χ2v) is 7.26. The minimum atomic E-state index is -0.503. The molecule has 2 aromatic rings. The van der Waals surface area contributed by atoms with Crippen molar-refractivity contribution in [2.45, 2.75) is 44.1 Å². The molecule has 1 fully saturated rings. The van der Waals surface area contributed by atoms with Gasteiger partial charge in [-0.3, -0.25) is 0 Å². The Morgan fingerprint density at radius 2 is 1.72 bits per heavy atom. The zero-order valence-corrected chi connectivity index (χ0v) is 15.1. The van der Waals surface area contributed by atoms with Gasteiger partial charge < -0.3 is 15.2 Å². The largest absolute Gasteiger partial charge is 0.491 e. The molecule has 0 heterocycles. The average molecular weight is 339 g/mol. The van der Waals surface area contributed by atoms with Gasteiger partial charge in [-0.2, -0.15) is 0 Å². The molecule has 0 amide bonds. The summed E-state index contributed by atoms with van der Waals surface area (Å²) in [5.41, 5.74) is 2.95. The molecule has 0 radical (unpaired) electrons. The van der Waals surface area contributed by atoms with E-state index in [1.165, 1.54) is 36.8 Å². The summed E-state index contributed by atoms with van der Waals surface area (Å²) in [5, 5.41) is 13.7. The molecular formula is C22H29NO2. The second kappa shape index (κ2) is 8.50. The summed E-state index contributed by atoms with van der Waals surface area (Å²) in [7, 11) is 0. The fourth-order valence-electron chi connectivity index (χ4n) is 3.77. The molecule has 25 heavy (non-hydrogen) atoms. The number of aryl methyl sites for hydroxylation is 1. The summed E-state index contributed by atoms with van der Waals surface area (Å²) in [6.07, 6.45) is 4.51. The zero-order chi connectivity index (χ0) is 17.5. The summed E-state index contributed by atoms with van der Waals surface area (Å²) >= 11 is 0. The van der Waals surface area contributed by atoms with Crippen LogP contribution in [0.5, 0.6) is 5.75 Å². The highest BCUT2D eigenvalue weighted by atomic mass is 16.5. The van der Waals surface area contributed by atoms with Crippen molar-refractivity contribution in [3.05, 3.63) is 65.7 Å². The van der Waals surface area contributed by atoms with Crippen molar-refractivity contribution < 1.29 is 9.84 Å². The van der Waals surface area contributed by atoms with Crippen molar-refractivity contribution >= 4 is 0 Å². The molecule has 0 aromatic heterocycles. The molecular weight excluding hydrogens is 310 g/mol. The van der Waals surface area contributed by atoms with E-state index in [1.807, 2.05) is 30.3 Å². The Bertz CT molecular complexity index is 633. The number of hydrogen-bond acceptors (Lipinski definition) is 3. The van der Waals surface area contributed by atoms with Crippen molar-refractivity contribution in [2.75, 3.05) is 19.7 Å². The monoisotopic (exact) mass is 339 g/mol. The molecule has 1 aliphatic carbocycles. The lowest BCUT2D eigenvalue weighted by Crippen LogP contribution is -2.40. The van der Waals surface area contributed by atoms with Gasteiger partial charge >= 0.3 is 0 Å². The van der Waals surface area contributed by atoms with E-state index in [9.17, 15) is 5.11 Å². The predicted octanol–water partition coefficient (Wildman–Crippen LogP) is 3.84. The minimum absolute atomic E-state index is 0.216. The number of hydrogen-bond donors (Lipinski definition) is 2. The van der Waals surface area contributed by atoms with Crippen LogP contribution in [0.15, 0.2) is 54.6 Å². The number of ether oxygens (including phenoxy) is 1. The Labute approximate surface area is 151 Å². The van der Waals surface area contributed by atoms with Crippen LogP contribution in [-0.2, 0) is 5.41 Å². The number of aliphatic hydroxyl groups excluding tert-OH is 1. The third kappa shape index (κ3) is 4.83. The van der Waals surface area contributed by atoms with Crippen LogP contribution in [0.4, 0.5) is 0 Å². The van der Waals surface area contributed by atoms with Gasteiger partial charge in [0.05, 0.1) is 0 Å². The molecule has 2 aromatic carbocycles. The van der Waals surface area contributed by atoms with E-state index in [1.54, 1.807) is 0 Å². The van der Waals surface area contributed by atoms with Gasteiger partial charge in [-0.15, -0.1) is 0 Å². The van der Waals surface area contributed by atoms with E-state index < -0.39 is 6.10 Å². The summed E-state index contributed by atoms with van der Waals surface area (Å²) in [6, 6.07) is 18.6. The molecule has 134 valence electrons. The summed E-state index contributed by atoms with van der Waals surface area (Å²) < 4.78 is 5.62. The summed E-state index contributed by atoms with van der Waals surface area (Å²) in [4.78, 5) is 0. The molecule has 3 nitrogen and oxygen atoms in total. The van der Waals surface area contributed by atoms with Crippen LogP contribution in [0.2, 0.25) is 0 Å². The molecule has 0 saturated heterocycles. The number of rotatable bonds is 8. The van der Waals surface area contributed by atoms with Gasteiger partial charge in [0.25, 0.3) is 0 Å². The first-order valence-corrected chi connectivity index (χ1v) is 9.32. The predicted molar refractivity (Wildman–Crippen MR) is 102 cm³/mol. The third-order valence-electron chi connectivity index (χ3n) is 5.25. The average Bonchev–Trinajstić information content (AvgIpc) is 3.11. The van der Waals surface area contributed by atoms with E-state index >= 15 is 0 Å². The van der Waals surface area contributed by atoms with Crippen molar-refractivity contribution in [3.8, 4) is 5.75 Å². The molecule has 3 heteroatoms. The maximum Gasteiger partial charge on any atom is 0.119 e. The third-order valence-corrected chi connectivity index (χ3v) is 5.25. The van der Waals surface area contributed by atoms with Crippen molar-refractivity contribution in [1.29, 1.82) is 0 Å². The van der Waals surface area contributed by atoms with Gasteiger partial charge in [-0.25, -0.2) is 0 Å². The topological polar surface area (TPSA) is 41.5 Å². The van der Waals surface area contributed by atoms with E-state index in [0.29, 0.717) is 13.2 Å². The Balaban J connectivity index is 1.49. The minimum Gasteiger partial charge on any atom is -0.491 e. The molecule has 2 N–H and O–H groups in total.